The van der Waals surface area contributed by atoms with Gasteiger partial charge < -0.3 is 9.47 Å². The van der Waals surface area contributed by atoms with Crippen LogP contribution >= 0.6 is 15.8 Å². The molecular formula is C42H36O2P2. The zero-order valence-electron chi connectivity index (χ0n) is 25.7. The molecule has 0 N–H and O–H groups in total. The van der Waals surface area contributed by atoms with Gasteiger partial charge in [0.25, 0.3) is 0 Å². The molecule has 0 fully saturated rings. The van der Waals surface area contributed by atoms with E-state index in [2.05, 4.69) is 170 Å². The molecule has 0 saturated carbocycles. The second kappa shape index (κ2) is 14.7. The van der Waals surface area contributed by atoms with E-state index in [0.29, 0.717) is 13.2 Å². The summed E-state index contributed by atoms with van der Waals surface area (Å²) < 4.78 is 13.2. The first-order chi connectivity index (χ1) is 22.8. The van der Waals surface area contributed by atoms with Gasteiger partial charge in [0, 0.05) is 23.1 Å². The molecule has 0 aliphatic heterocycles. The number of ether oxygens (including phenoxy) is 2. The molecule has 0 heterocycles. The Bertz CT molecular complexity index is 1770. The van der Waals surface area contributed by atoms with Crippen LogP contribution in [0.4, 0.5) is 0 Å². The summed E-state index contributed by atoms with van der Waals surface area (Å²) in [6.07, 6.45) is 1.89. The summed E-state index contributed by atoms with van der Waals surface area (Å²) in [6, 6.07) is 60.6. The molecule has 2 nitrogen and oxygen atoms in total. The predicted octanol–water partition coefficient (Wildman–Crippen LogP) is 9.02. The van der Waals surface area contributed by atoms with Gasteiger partial charge in [-0.1, -0.05) is 146 Å². The molecule has 46 heavy (non-hydrogen) atoms. The largest absolute Gasteiger partial charge is 0.493 e. The molecule has 0 unspecified atom stereocenters. The van der Waals surface area contributed by atoms with Crippen molar-refractivity contribution < 1.29 is 9.47 Å². The van der Waals surface area contributed by atoms with Crippen molar-refractivity contribution in [3.05, 3.63) is 170 Å². The van der Waals surface area contributed by atoms with E-state index in [1.807, 2.05) is 0 Å². The Hall–Kier alpha value is -4.48. The van der Waals surface area contributed by atoms with Crippen LogP contribution in [0.1, 0.15) is 0 Å². The maximum absolute atomic E-state index is 6.62. The Kier molecular flexibility index (Phi) is 9.67. The lowest BCUT2D eigenvalue weighted by atomic mass is 10.0. The summed E-state index contributed by atoms with van der Waals surface area (Å²) >= 11 is 0. The molecule has 7 aromatic rings. The lowest BCUT2D eigenvalue weighted by Gasteiger charge is -2.21. The summed E-state index contributed by atoms with van der Waals surface area (Å²) in [5, 5.41) is 10.1. The fourth-order valence-corrected chi connectivity index (χ4v) is 10.3. The Morgan fingerprint density at radius 2 is 0.652 bits per heavy atom. The van der Waals surface area contributed by atoms with Crippen LogP contribution in [-0.2, 0) is 0 Å². The van der Waals surface area contributed by atoms with Gasteiger partial charge in [-0.3, -0.25) is 0 Å². The van der Waals surface area contributed by atoms with Crippen LogP contribution in [0.15, 0.2) is 170 Å². The lowest BCUT2D eigenvalue weighted by Crippen LogP contribution is -2.17. The van der Waals surface area contributed by atoms with Crippen LogP contribution in [0.2, 0.25) is 0 Å². The smallest absolute Gasteiger partial charge is 0.127 e. The van der Waals surface area contributed by atoms with E-state index in [9.17, 15) is 0 Å². The molecule has 0 radical (unpaired) electrons. The number of benzene rings is 7. The topological polar surface area (TPSA) is 18.5 Å². The van der Waals surface area contributed by atoms with Gasteiger partial charge in [0.05, 0.1) is 13.2 Å². The highest BCUT2D eigenvalue weighted by atomic mass is 31.1. The zero-order chi connectivity index (χ0) is 31.0. The standard InChI is InChI=1S/C42H36O2P2/c1-5-17-35(18-6-1)45(36-19-7-2-8-20-36)29-27-43-41-25-26-42(40-32-34-16-14-13-15-33(34)31-39(40)41)44-28-30-46(37-21-9-3-10-22-37)38-23-11-4-12-24-38/h1-26,31-32H,27-30H2. The second-order valence-electron chi connectivity index (χ2n) is 11.1. The molecule has 7 aromatic carbocycles. The highest BCUT2D eigenvalue weighted by Gasteiger charge is 2.17. The van der Waals surface area contributed by atoms with E-state index in [1.54, 1.807) is 0 Å². The number of hydrogen-bond donors (Lipinski definition) is 0. The predicted molar refractivity (Wildman–Crippen MR) is 200 cm³/mol. The summed E-state index contributed by atoms with van der Waals surface area (Å²) in [5.41, 5.74) is 0. The molecule has 0 spiro atoms. The Morgan fingerprint density at radius 3 is 0.978 bits per heavy atom. The van der Waals surface area contributed by atoms with Gasteiger partial charge in [0.1, 0.15) is 11.5 Å². The van der Waals surface area contributed by atoms with E-state index < -0.39 is 15.8 Å². The van der Waals surface area contributed by atoms with E-state index in [4.69, 9.17) is 9.47 Å². The third-order valence-corrected chi connectivity index (χ3v) is 13.2. The third-order valence-electron chi connectivity index (χ3n) is 8.22. The minimum Gasteiger partial charge on any atom is -0.493 e. The van der Waals surface area contributed by atoms with Gasteiger partial charge in [-0.15, -0.1) is 0 Å². The van der Waals surface area contributed by atoms with Crippen molar-refractivity contribution in [1.29, 1.82) is 0 Å². The fraction of sp³-hybridized carbons (Fsp3) is 0.0952. The van der Waals surface area contributed by atoms with E-state index in [0.717, 1.165) is 34.6 Å². The monoisotopic (exact) mass is 634 g/mol. The molecule has 0 aromatic heterocycles. The van der Waals surface area contributed by atoms with Crippen LogP contribution in [0.3, 0.4) is 0 Å². The van der Waals surface area contributed by atoms with Crippen LogP contribution in [0, 0.1) is 0 Å². The van der Waals surface area contributed by atoms with E-state index >= 15 is 0 Å². The van der Waals surface area contributed by atoms with Crippen LogP contribution in [0.25, 0.3) is 21.5 Å². The van der Waals surface area contributed by atoms with Gasteiger partial charge in [0.15, 0.2) is 0 Å². The SMILES string of the molecule is c1ccc(P(CCOc2ccc(OCCP(c3ccccc3)c3ccccc3)c3cc4ccccc4cc23)c2ccccc2)cc1. The van der Waals surface area contributed by atoms with Crippen molar-refractivity contribution in [3.63, 3.8) is 0 Å². The average Bonchev–Trinajstić information content (AvgIpc) is 3.13. The molecule has 4 heteroatoms. The Labute approximate surface area is 274 Å². The van der Waals surface area contributed by atoms with Gasteiger partial charge in [-0.25, -0.2) is 0 Å². The quantitative estimate of drug-likeness (QED) is 0.0987. The second-order valence-corrected chi connectivity index (χ2v) is 15.8. The third kappa shape index (κ3) is 7.00. The fourth-order valence-electron chi connectivity index (χ4n) is 5.97. The maximum atomic E-state index is 6.62. The lowest BCUT2D eigenvalue weighted by molar-refractivity contribution is 0.339. The van der Waals surface area contributed by atoms with Gasteiger partial charge in [-0.05, 0) is 72.1 Å². The maximum Gasteiger partial charge on any atom is 0.127 e. The number of rotatable bonds is 12. The molecule has 0 bridgehead atoms. The average molecular weight is 635 g/mol. The summed E-state index contributed by atoms with van der Waals surface area (Å²) in [4.78, 5) is 0. The summed E-state index contributed by atoms with van der Waals surface area (Å²) in [5.74, 6) is 1.81. The van der Waals surface area contributed by atoms with Crippen molar-refractivity contribution in [3.8, 4) is 11.5 Å². The van der Waals surface area contributed by atoms with Gasteiger partial charge in [-0.2, -0.15) is 0 Å². The molecular weight excluding hydrogens is 598 g/mol. The summed E-state index contributed by atoms with van der Waals surface area (Å²) in [6.45, 7) is 1.27. The van der Waals surface area contributed by atoms with Gasteiger partial charge >= 0.3 is 0 Å². The Balaban J connectivity index is 1.14. The normalized spacial score (nSPS) is 11.3. The molecule has 0 aliphatic carbocycles. The highest BCUT2D eigenvalue weighted by molar-refractivity contribution is 7.73. The number of hydrogen-bond acceptors (Lipinski definition) is 2. The molecule has 0 aliphatic rings. The first-order valence-electron chi connectivity index (χ1n) is 15.8. The molecule has 7 rings (SSSR count). The van der Waals surface area contributed by atoms with Crippen LogP contribution in [0.5, 0.6) is 11.5 Å². The van der Waals surface area contributed by atoms with Crippen LogP contribution in [-0.4, -0.2) is 25.5 Å². The van der Waals surface area contributed by atoms with Gasteiger partial charge in [0.2, 0.25) is 0 Å². The highest BCUT2D eigenvalue weighted by Crippen LogP contribution is 2.39. The Morgan fingerprint density at radius 1 is 0.348 bits per heavy atom. The van der Waals surface area contributed by atoms with Crippen molar-refractivity contribution in [1.82, 2.24) is 0 Å². The summed E-state index contributed by atoms with van der Waals surface area (Å²) in [7, 11) is -1.05. The molecule has 0 saturated heterocycles. The van der Waals surface area contributed by atoms with Crippen molar-refractivity contribution in [2.45, 2.75) is 0 Å². The van der Waals surface area contributed by atoms with Crippen molar-refractivity contribution in [2.24, 2.45) is 0 Å². The minimum atomic E-state index is -0.526. The first-order valence-corrected chi connectivity index (χ1v) is 18.9. The van der Waals surface area contributed by atoms with E-state index in [1.165, 1.54) is 32.0 Å². The zero-order valence-corrected chi connectivity index (χ0v) is 27.5. The molecule has 0 amide bonds. The first kappa shape index (κ1) is 30.2. The van der Waals surface area contributed by atoms with Crippen molar-refractivity contribution in [2.75, 3.05) is 25.5 Å². The molecule has 0 atom stereocenters. The van der Waals surface area contributed by atoms with Crippen molar-refractivity contribution >= 4 is 58.6 Å². The number of fused-ring (bicyclic) bond motifs is 2. The van der Waals surface area contributed by atoms with Crippen LogP contribution < -0.4 is 30.7 Å². The van der Waals surface area contributed by atoms with E-state index in [-0.39, 0.29) is 0 Å². The minimum absolute atomic E-state index is 0.526. The molecule has 226 valence electrons.